The van der Waals surface area contributed by atoms with Crippen molar-refractivity contribution in [1.82, 2.24) is 0 Å². The molecule has 2 aromatic rings. The molecule has 0 aliphatic heterocycles. The van der Waals surface area contributed by atoms with Gasteiger partial charge in [0.2, 0.25) is 0 Å². The maximum Gasteiger partial charge on any atom is 0.277 e. The molecule has 20 heavy (non-hydrogen) atoms. The third-order valence-electron chi connectivity index (χ3n) is 2.76. The second-order valence-corrected chi connectivity index (χ2v) is 4.16. The van der Waals surface area contributed by atoms with Gasteiger partial charge in [0, 0.05) is 11.6 Å². The minimum atomic E-state index is -0.626. The summed E-state index contributed by atoms with van der Waals surface area (Å²) in [6.45, 7) is 1.62. The number of nitriles is 1. The fraction of sp³-hybridized carbons (Fsp3) is 0.133. The molecule has 0 aliphatic rings. The minimum Gasteiger partial charge on any atom is -0.475 e. The molecule has 0 bridgehead atoms. The van der Waals surface area contributed by atoms with E-state index in [0.29, 0.717) is 16.9 Å². The number of ether oxygens (including phenoxy) is 1. The minimum absolute atomic E-state index is 0.00756. The van der Waals surface area contributed by atoms with E-state index in [0.717, 1.165) is 0 Å². The van der Waals surface area contributed by atoms with Gasteiger partial charge in [-0.1, -0.05) is 30.3 Å². The molecule has 100 valence electrons. The van der Waals surface area contributed by atoms with Gasteiger partial charge in [-0.3, -0.25) is 10.1 Å². The van der Waals surface area contributed by atoms with Crippen LogP contribution in [-0.2, 0) is 0 Å². The Morgan fingerprint density at radius 2 is 1.75 bits per heavy atom. The lowest BCUT2D eigenvalue weighted by atomic mass is 10.0. The number of rotatable bonds is 4. The van der Waals surface area contributed by atoms with Crippen molar-refractivity contribution < 1.29 is 9.66 Å². The first kappa shape index (κ1) is 13.6. The van der Waals surface area contributed by atoms with Crippen LogP contribution in [0.4, 0.5) is 5.69 Å². The molecule has 0 N–H and O–H groups in total. The van der Waals surface area contributed by atoms with E-state index in [9.17, 15) is 10.1 Å². The van der Waals surface area contributed by atoms with E-state index < -0.39 is 11.0 Å². The zero-order valence-corrected chi connectivity index (χ0v) is 10.8. The fourth-order valence-corrected chi connectivity index (χ4v) is 1.87. The van der Waals surface area contributed by atoms with Crippen LogP contribution in [0.2, 0.25) is 0 Å². The zero-order chi connectivity index (χ0) is 14.5. The summed E-state index contributed by atoms with van der Waals surface area (Å²) < 4.78 is 5.50. The first-order valence-corrected chi connectivity index (χ1v) is 6.02. The van der Waals surface area contributed by atoms with Gasteiger partial charge < -0.3 is 4.74 Å². The van der Waals surface area contributed by atoms with Crippen molar-refractivity contribution in [1.29, 1.82) is 5.26 Å². The number of nitro groups is 1. The predicted octanol–water partition coefficient (Wildman–Crippen LogP) is 3.55. The molecule has 5 nitrogen and oxygen atoms in total. The summed E-state index contributed by atoms with van der Waals surface area (Å²) in [6, 6.07) is 15.4. The van der Waals surface area contributed by atoms with E-state index in [1.165, 1.54) is 6.07 Å². The van der Waals surface area contributed by atoms with Gasteiger partial charge in [-0.05, 0) is 19.1 Å². The lowest BCUT2D eigenvalue weighted by Crippen LogP contribution is -2.09. The van der Waals surface area contributed by atoms with Crippen LogP contribution in [-0.4, -0.2) is 11.0 Å². The van der Waals surface area contributed by atoms with Gasteiger partial charge >= 0.3 is 0 Å². The van der Waals surface area contributed by atoms with Crippen LogP contribution in [0.1, 0.15) is 6.92 Å². The van der Waals surface area contributed by atoms with E-state index in [1.54, 1.807) is 49.4 Å². The molecule has 0 unspecified atom stereocenters. The van der Waals surface area contributed by atoms with E-state index >= 15 is 0 Å². The van der Waals surface area contributed by atoms with Crippen LogP contribution in [0.3, 0.4) is 0 Å². The number of para-hydroxylation sites is 2. The highest BCUT2D eigenvalue weighted by Crippen LogP contribution is 2.36. The normalized spacial score (nSPS) is 11.4. The van der Waals surface area contributed by atoms with E-state index in [4.69, 9.17) is 10.00 Å². The van der Waals surface area contributed by atoms with Crippen molar-refractivity contribution >= 4 is 5.69 Å². The Hall–Kier alpha value is -2.87. The molecule has 0 heterocycles. The summed E-state index contributed by atoms with van der Waals surface area (Å²) in [5, 5.41) is 19.9. The second kappa shape index (κ2) is 5.85. The quantitative estimate of drug-likeness (QED) is 0.627. The first-order chi connectivity index (χ1) is 9.63. The molecule has 2 rings (SSSR count). The highest BCUT2D eigenvalue weighted by molar-refractivity contribution is 5.78. The molecule has 0 amide bonds. The van der Waals surface area contributed by atoms with Gasteiger partial charge in [0.05, 0.1) is 10.5 Å². The highest BCUT2D eigenvalue weighted by atomic mass is 16.6. The molecule has 2 aromatic carbocycles. The van der Waals surface area contributed by atoms with Crippen molar-refractivity contribution in [2.75, 3.05) is 0 Å². The fourth-order valence-electron chi connectivity index (χ4n) is 1.87. The van der Waals surface area contributed by atoms with Crippen LogP contribution in [0.5, 0.6) is 5.75 Å². The Bertz CT molecular complexity index is 677. The first-order valence-electron chi connectivity index (χ1n) is 6.02. The van der Waals surface area contributed by atoms with Crippen molar-refractivity contribution in [2.24, 2.45) is 0 Å². The Kier molecular flexibility index (Phi) is 3.96. The highest BCUT2D eigenvalue weighted by Gasteiger charge is 2.18. The summed E-state index contributed by atoms with van der Waals surface area (Å²) in [6.07, 6.45) is -0.626. The monoisotopic (exact) mass is 268 g/mol. The van der Waals surface area contributed by atoms with Gasteiger partial charge in [0.15, 0.2) is 6.10 Å². The van der Waals surface area contributed by atoms with Gasteiger partial charge in [-0.2, -0.15) is 5.26 Å². The molecule has 0 radical (unpaired) electrons. The van der Waals surface area contributed by atoms with Crippen LogP contribution in [0.15, 0.2) is 48.5 Å². The maximum absolute atomic E-state index is 11.1. The van der Waals surface area contributed by atoms with Crippen LogP contribution >= 0.6 is 0 Å². The van der Waals surface area contributed by atoms with Crippen LogP contribution < -0.4 is 4.74 Å². The molecule has 5 heteroatoms. The predicted molar refractivity (Wildman–Crippen MR) is 74.2 cm³/mol. The molecule has 0 saturated heterocycles. The molecular weight excluding hydrogens is 256 g/mol. The maximum atomic E-state index is 11.1. The number of nitrogens with zero attached hydrogens (tertiary/aromatic N) is 2. The summed E-state index contributed by atoms with van der Waals surface area (Å²) in [7, 11) is 0. The molecule has 1 atom stereocenters. The number of benzene rings is 2. The molecule has 0 aliphatic carbocycles. The Balaban J connectivity index is 2.54. The van der Waals surface area contributed by atoms with Gasteiger partial charge in [0.25, 0.3) is 5.69 Å². The van der Waals surface area contributed by atoms with E-state index in [1.807, 2.05) is 6.07 Å². The number of nitro benzene ring substituents is 1. The largest absolute Gasteiger partial charge is 0.475 e. The lowest BCUT2D eigenvalue weighted by Gasteiger charge is -2.12. The lowest BCUT2D eigenvalue weighted by molar-refractivity contribution is -0.384. The molecular formula is C15H12N2O3. The van der Waals surface area contributed by atoms with E-state index in [-0.39, 0.29) is 5.69 Å². The van der Waals surface area contributed by atoms with Gasteiger partial charge in [-0.25, -0.2) is 0 Å². The topological polar surface area (TPSA) is 76.2 Å². The molecule has 0 fully saturated rings. The van der Waals surface area contributed by atoms with Crippen molar-refractivity contribution in [2.45, 2.75) is 13.0 Å². The summed E-state index contributed by atoms with van der Waals surface area (Å²) in [5.41, 5.74) is 1.08. The van der Waals surface area contributed by atoms with Gasteiger partial charge in [-0.15, -0.1) is 0 Å². The average molecular weight is 268 g/mol. The second-order valence-electron chi connectivity index (χ2n) is 4.16. The van der Waals surface area contributed by atoms with Crippen LogP contribution in [0.25, 0.3) is 11.1 Å². The molecule has 0 saturated carbocycles. The molecule has 0 aromatic heterocycles. The number of hydrogen-bond donors (Lipinski definition) is 0. The SMILES string of the molecule is C[C@@H](C#N)Oc1ccccc1-c1ccccc1[N+](=O)[O-]. The average Bonchev–Trinajstić information content (AvgIpc) is 2.47. The van der Waals surface area contributed by atoms with E-state index in [2.05, 4.69) is 0 Å². The standard InChI is InChI=1S/C15H12N2O3/c1-11(10-16)20-15-9-5-3-7-13(15)12-6-2-4-8-14(12)17(18)19/h2-9,11H,1H3/t11-/m0/s1. The summed E-state index contributed by atoms with van der Waals surface area (Å²) in [4.78, 5) is 10.7. The zero-order valence-electron chi connectivity index (χ0n) is 10.8. The number of hydrogen-bond acceptors (Lipinski definition) is 4. The van der Waals surface area contributed by atoms with Crippen molar-refractivity contribution in [3.8, 4) is 22.9 Å². The Morgan fingerprint density at radius 3 is 2.40 bits per heavy atom. The van der Waals surface area contributed by atoms with Crippen molar-refractivity contribution in [3.63, 3.8) is 0 Å². The Labute approximate surface area is 116 Å². The third-order valence-corrected chi connectivity index (χ3v) is 2.76. The van der Waals surface area contributed by atoms with Crippen LogP contribution in [0, 0.1) is 21.4 Å². The summed E-state index contributed by atoms with van der Waals surface area (Å²) in [5.74, 6) is 0.454. The molecule has 0 spiro atoms. The Morgan fingerprint density at radius 1 is 1.15 bits per heavy atom. The summed E-state index contributed by atoms with van der Waals surface area (Å²) >= 11 is 0. The smallest absolute Gasteiger partial charge is 0.277 e. The van der Waals surface area contributed by atoms with Crippen molar-refractivity contribution in [3.05, 3.63) is 58.6 Å². The van der Waals surface area contributed by atoms with Gasteiger partial charge in [0.1, 0.15) is 11.8 Å². The third kappa shape index (κ3) is 2.75.